The molecule has 154 valence electrons. The first-order valence-electron chi connectivity index (χ1n) is 9.12. The van der Waals surface area contributed by atoms with Crippen molar-refractivity contribution in [3.05, 3.63) is 46.4 Å². The van der Waals surface area contributed by atoms with Crippen LogP contribution in [0.1, 0.15) is 23.5 Å². The minimum absolute atomic E-state index is 0.420. The van der Waals surface area contributed by atoms with Gasteiger partial charge in [-0.05, 0) is 25.0 Å². The summed E-state index contributed by atoms with van der Waals surface area (Å²) >= 11 is 1.02. The molecule has 0 aliphatic heterocycles. The number of rotatable bonds is 9. The minimum atomic E-state index is -4.38. The molecule has 0 saturated heterocycles. The smallest absolute Gasteiger partial charge is 0.375 e. The fraction of sp³-hybridized carbons (Fsp3) is 0.474. The number of alkyl halides is 3. The van der Waals surface area contributed by atoms with Crippen LogP contribution >= 0.6 is 11.3 Å². The fourth-order valence-electron chi connectivity index (χ4n) is 2.56. The summed E-state index contributed by atoms with van der Waals surface area (Å²) in [4.78, 5) is 9.97. The molecular formula is C19H26F3N5S. The van der Waals surface area contributed by atoms with Crippen molar-refractivity contribution in [1.29, 1.82) is 0 Å². The highest BCUT2D eigenvalue weighted by molar-refractivity contribution is 7.09. The first-order chi connectivity index (χ1) is 13.4. The summed E-state index contributed by atoms with van der Waals surface area (Å²) in [5, 5.41) is 7.84. The highest BCUT2D eigenvalue weighted by Gasteiger charge is 2.33. The van der Waals surface area contributed by atoms with Gasteiger partial charge in [-0.3, -0.25) is 4.99 Å². The van der Waals surface area contributed by atoms with Crippen molar-refractivity contribution in [2.24, 2.45) is 4.99 Å². The maximum Gasteiger partial charge on any atom is 0.434 e. The molecule has 0 aliphatic rings. The number of unbranched alkanes of at least 4 members (excludes halogenated alkanes) is 1. The molecule has 1 aromatic heterocycles. The number of aliphatic imine (C=N–C) groups is 1. The standard InChI is InChI=1S/C19H26F3N5S/c1-23-18(25-12-10-17-26-16(14-28-17)19(20,21)22)24-11-6-7-13-27(2)15-8-4-3-5-9-15/h3-5,8-9,14H,6-7,10-13H2,1-2H3,(H2,23,24,25). The minimum Gasteiger partial charge on any atom is -0.375 e. The molecule has 0 aliphatic carbocycles. The van der Waals surface area contributed by atoms with Gasteiger partial charge >= 0.3 is 6.18 Å². The van der Waals surface area contributed by atoms with E-state index in [1.165, 1.54) is 5.69 Å². The van der Waals surface area contributed by atoms with Crippen molar-refractivity contribution in [2.45, 2.75) is 25.4 Å². The van der Waals surface area contributed by atoms with Gasteiger partial charge in [-0.1, -0.05) is 18.2 Å². The third-order valence-corrected chi connectivity index (χ3v) is 5.02. The van der Waals surface area contributed by atoms with Crippen molar-refractivity contribution >= 4 is 23.0 Å². The summed E-state index contributed by atoms with van der Waals surface area (Å²) in [5.74, 6) is 0.643. The highest BCUT2D eigenvalue weighted by Crippen LogP contribution is 2.29. The summed E-state index contributed by atoms with van der Waals surface area (Å²) < 4.78 is 37.7. The number of benzene rings is 1. The Bertz CT molecular complexity index is 731. The number of halogens is 3. The summed E-state index contributed by atoms with van der Waals surface area (Å²) in [7, 11) is 3.75. The normalized spacial score (nSPS) is 12.1. The van der Waals surface area contributed by atoms with Gasteiger partial charge in [0.25, 0.3) is 0 Å². The predicted octanol–water partition coefficient (Wildman–Crippen LogP) is 3.79. The van der Waals surface area contributed by atoms with Gasteiger partial charge in [0.15, 0.2) is 11.7 Å². The molecule has 0 spiro atoms. The Hall–Kier alpha value is -2.29. The molecule has 1 heterocycles. The quantitative estimate of drug-likeness (QED) is 0.373. The number of nitrogens with one attached hydrogen (secondary N) is 2. The first kappa shape index (κ1) is 22.0. The van der Waals surface area contributed by atoms with Gasteiger partial charge in [-0.2, -0.15) is 13.2 Å². The zero-order valence-electron chi connectivity index (χ0n) is 16.1. The Morgan fingerprint density at radius 1 is 1.14 bits per heavy atom. The van der Waals surface area contributed by atoms with E-state index in [0.717, 1.165) is 42.6 Å². The number of thiazole rings is 1. The lowest BCUT2D eigenvalue weighted by Gasteiger charge is -2.19. The number of hydrogen-bond donors (Lipinski definition) is 2. The molecule has 28 heavy (non-hydrogen) atoms. The van der Waals surface area contributed by atoms with Crippen molar-refractivity contribution in [3.8, 4) is 0 Å². The third kappa shape index (κ3) is 7.38. The number of para-hydroxylation sites is 1. The average molecular weight is 414 g/mol. The van der Waals surface area contributed by atoms with Gasteiger partial charge in [-0.15, -0.1) is 11.3 Å². The van der Waals surface area contributed by atoms with Crippen LogP contribution in [0.15, 0.2) is 40.7 Å². The van der Waals surface area contributed by atoms with E-state index in [1.54, 1.807) is 7.05 Å². The molecule has 1 aromatic carbocycles. The molecule has 2 rings (SSSR count). The number of anilines is 1. The lowest BCUT2D eigenvalue weighted by molar-refractivity contribution is -0.140. The number of aromatic nitrogens is 1. The van der Waals surface area contributed by atoms with E-state index < -0.39 is 11.9 Å². The van der Waals surface area contributed by atoms with Crippen LogP contribution in [0.2, 0.25) is 0 Å². The van der Waals surface area contributed by atoms with Crippen LogP contribution in [0.3, 0.4) is 0 Å². The molecule has 0 bridgehead atoms. The van der Waals surface area contributed by atoms with Gasteiger partial charge in [-0.25, -0.2) is 4.98 Å². The Morgan fingerprint density at radius 2 is 1.86 bits per heavy atom. The van der Waals surface area contributed by atoms with E-state index in [2.05, 4.69) is 44.7 Å². The Kier molecular flexibility index (Phi) is 8.56. The van der Waals surface area contributed by atoms with Gasteiger partial charge in [0.05, 0.1) is 5.01 Å². The van der Waals surface area contributed by atoms with E-state index >= 15 is 0 Å². The maximum atomic E-state index is 12.6. The third-order valence-electron chi connectivity index (χ3n) is 4.11. The number of nitrogens with zero attached hydrogens (tertiary/aromatic N) is 3. The second-order valence-corrected chi connectivity index (χ2v) is 7.21. The molecule has 9 heteroatoms. The average Bonchev–Trinajstić information content (AvgIpc) is 3.16. The summed E-state index contributed by atoms with van der Waals surface area (Å²) in [6.07, 6.45) is -1.94. The second-order valence-electron chi connectivity index (χ2n) is 6.26. The lowest BCUT2D eigenvalue weighted by Crippen LogP contribution is -2.38. The van der Waals surface area contributed by atoms with Crippen LogP contribution in [-0.2, 0) is 12.6 Å². The zero-order chi connectivity index (χ0) is 20.4. The molecule has 5 nitrogen and oxygen atoms in total. The van der Waals surface area contributed by atoms with E-state index in [-0.39, 0.29) is 0 Å². The van der Waals surface area contributed by atoms with Crippen molar-refractivity contribution in [1.82, 2.24) is 15.6 Å². The van der Waals surface area contributed by atoms with Crippen molar-refractivity contribution in [2.75, 3.05) is 38.6 Å². The fourth-order valence-corrected chi connectivity index (χ4v) is 3.36. The van der Waals surface area contributed by atoms with Crippen molar-refractivity contribution in [3.63, 3.8) is 0 Å². The molecule has 0 saturated carbocycles. The van der Waals surface area contributed by atoms with Crippen LogP contribution in [0.4, 0.5) is 18.9 Å². The van der Waals surface area contributed by atoms with E-state index in [1.807, 2.05) is 18.2 Å². The largest absolute Gasteiger partial charge is 0.434 e. The summed E-state index contributed by atoms with van der Waals surface area (Å²) in [6, 6.07) is 10.2. The molecule has 0 unspecified atom stereocenters. The molecular weight excluding hydrogens is 387 g/mol. The maximum absolute atomic E-state index is 12.6. The molecule has 0 amide bonds. The molecule has 2 aromatic rings. The van der Waals surface area contributed by atoms with Crippen LogP contribution in [-0.4, -0.2) is 44.7 Å². The second kappa shape index (κ2) is 10.9. The van der Waals surface area contributed by atoms with Gasteiger partial charge in [0.1, 0.15) is 0 Å². The van der Waals surface area contributed by atoms with Crippen LogP contribution < -0.4 is 15.5 Å². The van der Waals surface area contributed by atoms with E-state index in [0.29, 0.717) is 23.9 Å². The van der Waals surface area contributed by atoms with E-state index in [4.69, 9.17) is 0 Å². The predicted molar refractivity (Wildman–Crippen MR) is 109 cm³/mol. The number of guanidine groups is 1. The lowest BCUT2D eigenvalue weighted by atomic mass is 10.2. The highest BCUT2D eigenvalue weighted by atomic mass is 32.1. The monoisotopic (exact) mass is 413 g/mol. The molecule has 2 N–H and O–H groups in total. The van der Waals surface area contributed by atoms with Crippen molar-refractivity contribution < 1.29 is 13.2 Å². The van der Waals surface area contributed by atoms with Crippen LogP contribution in [0.25, 0.3) is 0 Å². The van der Waals surface area contributed by atoms with Gasteiger partial charge in [0, 0.05) is 51.2 Å². The summed E-state index contributed by atoms with van der Waals surface area (Å²) in [6.45, 7) is 2.21. The summed E-state index contributed by atoms with van der Waals surface area (Å²) in [5.41, 5.74) is 0.374. The first-order valence-corrected chi connectivity index (χ1v) is 10.0. The van der Waals surface area contributed by atoms with Crippen LogP contribution in [0, 0.1) is 0 Å². The SMILES string of the molecule is CN=C(NCCCCN(C)c1ccccc1)NCCc1nc(C(F)(F)F)cs1. The molecule has 0 fully saturated rings. The van der Waals surface area contributed by atoms with Gasteiger partial charge < -0.3 is 15.5 Å². The Morgan fingerprint density at radius 3 is 2.50 bits per heavy atom. The Labute approximate surface area is 167 Å². The molecule has 0 atom stereocenters. The zero-order valence-corrected chi connectivity index (χ0v) is 16.9. The van der Waals surface area contributed by atoms with E-state index in [9.17, 15) is 13.2 Å². The molecule has 0 radical (unpaired) electrons. The topological polar surface area (TPSA) is 52.6 Å². The van der Waals surface area contributed by atoms with Gasteiger partial charge in [0.2, 0.25) is 0 Å². The number of hydrogen-bond acceptors (Lipinski definition) is 4. The Balaban J connectivity index is 1.60. The van der Waals surface area contributed by atoms with Crippen LogP contribution in [0.5, 0.6) is 0 Å².